The van der Waals surface area contributed by atoms with E-state index in [1.807, 2.05) is 24.3 Å². The van der Waals surface area contributed by atoms with Gasteiger partial charge in [0.25, 0.3) is 0 Å². The number of hydrogen-bond acceptors (Lipinski definition) is 6. The van der Waals surface area contributed by atoms with E-state index in [4.69, 9.17) is 20.7 Å². The first-order chi connectivity index (χ1) is 19.9. The van der Waals surface area contributed by atoms with Gasteiger partial charge in [0.05, 0.1) is 19.7 Å². The summed E-state index contributed by atoms with van der Waals surface area (Å²) in [4.78, 5) is 50.0. The molecule has 2 atom stereocenters. The maximum atomic E-state index is 13.9. The molecule has 2 aliphatic rings. The number of methoxy groups -OCH3 is 1. The molecule has 2 aromatic carbocycles. The van der Waals surface area contributed by atoms with Crippen LogP contribution in [0, 0.1) is 17.5 Å². The molecule has 3 amide bonds. The van der Waals surface area contributed by atoms with Gasteiger partial charge in [-0.1, -0.05) is 18.2 Å². The maximum Gasteiger partial charge on any atom is 0.328 e. The lowest BCUT2D eigenvalue weighted by atomic mass is 10.0. The van der Waals surface area contributed by atoms with Crippen molar-refractivity contribution in [2.24, 2.45) is 5.73 Å². The molecule has 0 spiro atoms. The first-order valence-electron chi connectivity index (χ1n) is 12.9. The largest absolute Gasteiger partial charge is 0.496 e. The van der Waals surface area contributed by atoms with E-state index in [-0.39, 0.29) is 36.4 Å². The van der Waals surface area contributed by atoms with Gasteiger partial charge in [0, 0.05) is 62.4 Å². The first-order valence-corrected chi connectivity index (χ1v) is 12.9. The molecule has 42 heavy (non-hydrogen) atoms. The number of ether oxygens (including phenoxy) is 1. The van der Waals surface area contributed by atoms with Crippen LogP contribution in [0.15, 0.2) is 48.6 Å². The lowest BCUT2D eigenvalue weighted by Gasteiger charge is -2.36. The van der Waals surface area contributed by atoms with Crippen molar-refractivity contribution in [3.05, 3.63) is 77.1 Å². The van der Waals surface area contributed by atoms with Crippen LogP contribution in [0.1, 0.15) is 17.5 Å². The minimum Gasteiger partial charge on any atom is -0.496 e. The molecular weight excluding hydrogens is 561 g/mol. The van der Waals surface area contributed by atoms with E-state index in [0.29, 0.717) is 56.7 Å². The monoisotopic (exact) mass is 592 g/mol. The number of nitrogens with zero attached hydrogens (tertiary/aromatic N) is 3. The average Bonchev–Trinajstić information content (AvgIpc) is 3.25. The number of carbonyl (C=O) groups is 4. The average molecular weight is 593 g/mol. The Bertz CT molecular complexity index is 1340. The highest BCUT2D eigenvalue weighted by molar-refractivity contribution is 5.89. The molecule has 0 radical (unpaired) electrons. The minimum atomic E-state index is -1.27. The van der Waals surface area contributed by atoms with Gasteiger partial charge in [-0.05, 0) is 24.1 Å². The van der Waals surface area contributed by atoms with E-state index in [0.717, 1.165) is 11.6 Å². The number of carboxylic acid groups (broad SMARTS) is 2. The van der Waals surface area contributed by atoms with Crippen molar-refractivity contribution in [1.82, 2.24) is 14.7 Å². The number of halogens is 3. The predicted molar refractivity (Wildman–Crippen MR) is 143 cm³/mol. The normalized spacial score (nSPS) is 17.0. The highest BCUT2D eigenvalue weighted by atomic mass is 19.2. The van der Waals surface area contributed by atoms with E-state index < -0.39 is 35.4 Å². The van der Waals surface area contributed by atoms with Crippen LogP contribution in [-0.2, 0) is 27.3 Å². The van der Waals surface area contributed by atoms with E-state index in [1.54, 1.807) is 21.8 Å². The van der Waals surface area contributed by atoms with Crippen LogP contribution in [0.5, 0.6) is 5.75 Å². The molecule has 11 nitrogen and oxygen atoms in total. The van der Waals surface area contributed by atoms with E-state index in [1.165, 1.54) is 0 Å². The van der Waals surface area contributed by atoms with Gasteiger partial charge in [-0.2, -0.15) is 0 Å². The summed E-state index contributed by atoms with van der Waals surface area (Å²) in [6.07, 6.45) is 0.956. The lowest BCUT2D eigenvalue weighted by Crippen LogP contribution is -2.54. The first kappa shape index (κ1) is 31.9. The summed E-state index contributed by atoms with van der Waals surface area (Å²) in [5.41, 5.74) is 6.85. The summed E-state index contributed by atoms with van der Waals surface area (Å²) in [5, 5.41) is 15.6. The molecule has 2 fully saturated rings. The fourth-order valence-corrected chi connectivity index (χ4v) is 4.75. The van der Waals surface area contributed by atoms with Crippen molar-refractivity contribution in [3.8, 4) is 5.75 Å². The second kappa shape index (κ2) is 14.3. The van der Waals surface area contributed by atoms with Gasteiger partial charge in [0.2, 0.25) is 5.91 Å². The number of amides is 3. The van der Waals surface area contributed by atoms with Crippen LogP contribution >= 0.6 is 0 Å². The van der Waals surface area contributed by atoms with E-state index >= 15 is 0 Å². The number of hydrogen-bond donors (Lipinski definition) is 3. The summed E-state index contributed by atoms with van der Waals surface area (Å²) in [7, 11) is 1.59. The number of carbonyl (C=O) groups excluding carboxylic acids is 2. The third-order valence-electron chi connectivity index (χ3n) is 6.71. The number of para-hydroxylation sites is 1. The SMILES string of the molecule is COc1ccccc1CN1CC2CN(C(=O)C[C@H](N)Cc3cc(F)c(F)cc3F)CCN2C1=O.O=C(O)/C=C/C(=O)O. The molecule has 2 heterocycles. The molecule has 226 valence electrons. The van der Waals surface area contributed by atoms with Gasteiger partial charge in [-0.15, -0.1) is 0 Å². The van der Waals surface area contributed by atoms with Crippen LogP contribution in [0.3, 0.4) is 0 Å². The Balaban J connectivity index is 0.000000531. The van der Waals surface area contributed by atoms with Crippen LogP contribution in [0.4, 0.5) is 18.0 Å². The van der Waals surface area contributed by atoms with Gasteiger partial charge in [-0.3, -0.25) is 4.79 Å². The van der Waals surface area contributed by atoms with Crippen molar-refractivity contribution in [1.29, 1.82) is 0 Å². The van der Waals surface area contributed by atoms with Gasteiger partial charge in [0.1, 0.15) is 11.6 Å². The summed E-state index contributed by atoms with van der Waals surface area (Å²) in [6, 6.07) is 7.80. The topological polar surface area (TPSA) is 154 Å². The van der Waals surface area contributed by atoms with E-state index in [9.17, 15) is 32.3 Å². The quantitative estimate of drug-likeness (QED) is 0.296. The van der Waals surface area contributed by atoms with Crippen LogP contribution in [-0.4, -0.2) is 94.2 Å². The molecule has 2 saturated heterocycles. The number of aliphatic carboxylic acids is 2. The number of fused-ring (bicyclic) bond motifs is 1. The molecule has 1 unspecified atom stereocenters. The maximum absolute atomic E-state index is 13.9. The van der Waals surface area contributed by atoms with E-state index in [2.05, 4.69) is 0 Å². The summed E-state index contributed by atoms with van der Waals surface area (Å²) >= 11 is 0. The molecule has 0 saturated carbocycles. The number of urea groups is 1. The molecule has 0 aliphatic carbocycles. The molecule has 4 rings (SSSR count). The third kappa shape index (κ3) is 8.46. The van der Waals surface area contributed by atoms with Crippen LogP contribution in [0.2, 0.25) is 0 Å². The third-order valence-corrected chi connectivity index (χ3v) is 6.71. The molecular formula is C28H31F3N4O7. The van der Waals surface area contributed by atoms with Gasteiger partial charge < -0.3 is 35.4 Å². The van der Waals surface area contributed by atoms with Crippen LogP contribution < -0.4 is 10.5 Å². The van der Waals surface area contributed by atoms with Crippen molar-refractivity contribution in [3.63, 3.8) is 0 Å². The standard InChI is InChI=1S/C24H27F3N4O3.C4H4O4/c1-34-22-5-3-2-4-15(22)12-30-14-18-13-29(6-7-31(18)24(30)33)23(32)10-17(28)8-16-9-20(26)21(27)11-19(16)25;5-3(6)1-2-4(7)8/h2-5,9,11,17-18H,6-8,10,12-14,28H2,1H3;1-2H,(H,5,6)(H,7,8)/b;2-1+/t17-,18?;/m1./s1. The number of carboxylic acids is 2. The predicted octanol–water partition coefficient (Wildman–Crippen LogP) is 2.23. The van der Waals surface area contributed by atoms with Crippen molar-refractivity contribution >= 4 is 23.9 Å². The Morgan fingerprint density at radius 2 is 1.64 bits per heavy atom. The summed E-state index contributed by atoms with van der Waals surface area (Å²) < 4.78 is 45.8. The summed E-state index contributed by atoms with van der Waals surface area (Å²) in [6.45, 7) is 2.04. The van der Waals surface area contributed by atoms with Crippen molar-refractivity contribution in [2.45, 2.75) is 31.5 Å². The lowest BCUT2D eigenvalue weighted by molar-refractivity contribution is -0.134. The molecule has 14 heteroatoms. The molecule has 4 N–H and O–H groups in total. The van der Waals surface area contributed by atoms with Gasteiger partial charge in [-0.25, -0.2) is 27.6 Å². The Hall–Kier alpha value is -4.59. The highest BCUT2D eigenvalue weighted by Gasteiger charge is 2.41. The Labute approximate surface area is 239 Å². The molecule has 2 aliphatic heterocycles. The number of nitrogens with two attached hydrogens (primary N) is 1. The Morgan fingerprint density at radius 3 is 2.29 bits per heavy atom. The molecule has 2 aromatic rings. The zero-order chi connectivity index (χ0) is 31.0. The zero-order valence-corrected chi connectivity index (χ0v) is 22.7. The zero-order valence-electron chi connectivity index (χ0n) is 22.7. The second-order valence-corrected chi connectivity index (χ2v) is 9.70. The smallest absolute Gasteiger partial charge is 0.328 e. The fraction of sp³-hybridized carbons (Fsp3) is 0.357. The molecule has 0 aromatic heterocycles. The van der Waals surface area contributed by atoms with Gasteiger partial charge >= 0.3 is 18.0 Å². The minimum absolute atomic E-state index is 0.0654. The van der Waals surface area contributed by atoms with Crippen molar-refractivity contribution in [2.75, 3.05) is 33.3 Å². The van der Waals surface area contributed by atoms with Crippen LogP contribution in [0.25, 0.3) is 0 Å². The number of piperazine rings is 1. The van der Waals surface area contributed by atoms with Gasteiger partial charge in [0.15, 0.2) is 11.6 Å². The van der Waals surface area contributed by atoms with Crippen molar-refractivity contribution < 1.29 is 47.3 Å². The number of rotatable bonds is 9. The summed E-state index contributed by atoms with van der Waals surface area (Å²) in [5.74, 6) is -5.34. The Kier molecular flexibility index (Phi) is 10.9. The molecule has 0 bridgehead atoms. The second-order valence-electron chi connectivity index (χ2n) is 9.70. The number of benzene rings is 2. The fourth-order valence-electron chi connectivity index (χ4n) is 4.75. The highest BCUT2D eigenvalue weighted by Crippen LogP contribution is 2.26. The Morgan fingerprint density at radius 1 is 1.00 bits per heavy atom.